The number of nitrogens with zero attached hydrogens (tertiary/aromatic N) is 1. The maximum atomic E-state index is 12.5. The normalized spacial score (nSPS) is 21.9. The summed E-state index contributed by atoms with van der Waals surface area (Å²) in [4.78, 5) is 16.2. The van der Waals surface area contributed by atoms with Gasteiger partial charge in [-0.1, -0.05) is 48.6 Å². The van der Waals surface area contributed by atoms with Crippen molar-refractivity contribution in [2.45, 2.75) is 25.8 Å². The molecular formula is C22H26N2OS. The molecule has 4 rings (SSSR count). The zero-order valence-corrected chi connectivity index (χ0v) is 15.9. The SMILES string of the molecule is O=C(NCc1cccs1)C1CC12CCN(C/C=C/c1ccccc1)CC2. The van der Waals surface area contributed by atoms with E-state index in [0.717, 1.165) is 38.9 Å². The van der Waals surface area contributed by atoms with E-state index >= 15 is 0 Å². The van der Waals surface area contributed by atoms with Crippen molar-refractivity contribution >= 4 is 23.3 Å². The van der Waals surface area contributed by atoms with Crippen molar-refractivity contribution in [2.24, 2.45) is 11.3 Å². The molecular weight excluding hydrogens is 340 g/mol. The van der Waals surface area contributed by atoms with Gasteiger partial charge in [-0.15, -0.1) is 11.3 Å². The van der Waals surface area contributed by atoms with Crippen LogP contribution in [-0.4, -0.2) is 30.4 Å². The van der Waals surface area contributed by atoms with E-state index in [-0.39, 0.29) is 11.8 Å². The van der Waals surface area contributed by atoms with Gasteiger partial charge in [0.1, 0.15) is 0 Å². The Morgan fingerprint density at radius 2 is 2.00 bits per heavy atom. The number of carbonyl (C=O) groups is 1. The van der Waals surface area contributed by atoms with E-state index in [1.54, 1.807) is 11.3 Å². The van der Waals surface area contributed by atoms with Gasteiger partial charge in [-0.3, -0.25) is 9.69 Å². The molecule has 0 radical (unpaired) electrons. The molecule has 1 aromatic carbocycles. The molecule has 0 bridgehead atoms. The number of piperidine rings is 1. The van der Waals surface area contributed by atoms with E-state index in [4.69, 9.17) is 0 Å². The highest BCUT2D eigenvalue weighted by Crippen LogP contribution is 2.59. The topological polar surface area (TPSA) is 32.3 Å². The summed E-state index contributed by atoms with van der Waals surface area (Å²) in [5.74, 6) is 0.500. The Morgan fingerprint density at radius 1 is 1.19 bits per heavy atom. The minimum atomic E-state index is 0.240. The molecule has 136 valence electrons. The van der Waals surface area contributed by atoms with Gasteiger partial charge >= 0.3 is 0 Å². The lowest BCUT2D eigenvalue weighted by atomic mass is 9.90. The fraction of sp³-hybridized carbons (Fsp3) is 0.409. The van der Waals surface area contributed by atoms with Gasteiger partial charge in [0.25, 0.3) is 0 Å². The van der Waals surface area contributed by atoms with Crippen molar-refractivity contribution in [3.05, 3.63) is 64.4 Å². The molecule has 1 aliphatic carbocycles. The average Bonchev–Trinajstić information content (AvgIpc) is 3.12. The monoisotopic (exact) mass is 366 g/mol. The molecule has 1 N–H and O–H groups in total. The van der Waals surface area contributed by atoms with Gasteiger partial charge in [0.05, 0.1) is 6.54 Å². The molecule has 2 fully saturated rings. The fourth-order valence-electron chi connectivity index (χ4n) is 4.06. The Morgan fingerprint density at radius 3 is 2.73 bits per heavy atom. The molecule has 1 atom stereocenters. The second kappa shape index (κ2) is 7.77. The van der Waals surface area contributed by atoms with Crippen molar-refractivity contribution in [3.63, 3.8) is 0 Å². The lowest BCUT2D eigenvalue weighted by molar-refractivity contribution is -0.123. The number of likely N-dealkylation sites (tertiary alicyclic amines) is 1. The number of hydrogen-bond donors (Lipinski definition) is 1. The molecule has 26 heavy (non-hydrogen) atoms. The zero-order chi connectivity index (χ0) is 17.8. The highest BCUT2D eigenvalue weighted by molar-refractivity contribution is 7.09. The van der Waals surface area contributed by atoms with Crippen molar-refractivity contribution < 1.29 is 4.79 Å². The number of hydrogen-bond acceptors (Lipinski definition) is 3. The van der Waals surface area contributed by atoms with Crippen LogP contribution in [0.4, 0.5) is 0 Å². The van der Waals surface area contributed by atoms with Crippen molar-refractivity contribution in [1.29, 1.82) is 0 Å². The zero-order valence-electron chi connectivity index (χ0n) is 15.1. The number of amides is 1. The lowest BCUT2D eigenvalue weighted by Crippen LogP contribution is -2.37. The predicted molar refractivity (Wildman–Crippen MR) is 108 cm³/mol. The van der Waals surface area contributed by atoms with Crippen LogP contribution in [0.3, 0.4) is 0 Å². The van der Waals surface area contributed by atoms with Crippen LogP contribution in [0.2, 0.25) is 0 Å². The first kappa shape index (κ1) is 17.5. The van der Waals surface area contributed by atoms with E-state index < -0.39 is 0 Å². The third-order valence-corrected chi connectivity index (χ3v) is 6.72. The molecule has 2 aliphatic rings. The molecule has 3 nitrogen and oxygen atoms in total. The highest BCUT2D eigenvalue weighted by atomic mass is 32.1. The molecule has 1 amide bonds. The van der Waals surface area contributed by atoms with E-state index in [0.29, 0.717) is 12.0 Å². The molecule has 1 aromatic heterocycles. The Labute approximate surface area is 159 Å². The van der Waals surface area contributed by atoms with Crippen LogP contribution in [0.5, 0.6) is 0 Å². The summed E-state index contributed by atoms with van der Waals surface area (Å²) in [5, 5.41) is 5.19. The Bertz CT molecular complexity index is 746. The number of nitrogens with one attached hydrogen (secondary N) is 1. The molecule has 4 heteroatoms. The van der Waals surface area contributed by atoms with Gasteiger partial charge in [0, 0.05) is 17.3 Å². The van der Waals surface area contributed by atoms with Crippen LogP contribution in [0.15, 0.2) is 53.9 Å². The van der Waals surface area contributed by atoms with E-state index in [1.807, 2.05) is 12.1 Å². The molecule has 1 spiro atoms. The summed E-state index contributed by atoms with van der Waals surface area (Å²) in [6, 6.07) is 14.6. The first-order valence-electron chi connectivity index (χ1n) is 9.49. The second-order valence-electron chi connectivity index (χ2n) is 7.53. The average molecular weight is 367 g/mol. The third-order valence-electron chi connectivity index (χ3n) is 5.85. The van der Waals surface area contributed by atoms with Crippen LogP contribution in [-0.2, 0) is 11.3 Å². The van der Waals surface area contributed by atoms with E-state index in [1.165, 1.54) is 10.4 Å². The summed E-state index contributed by atoms with van der Waals surface area (Å²) in [6.07, 6.45) is 7.84. The summed E-state index contributed by atoms with van der Waals surface area (Å²) < 4.78 is 0. The molecule has 1 saturated heterocycles. The standard InChI is InChI=1S/C22H26N2OS/c25-21(23-17-19-9-5-15-26-19)20-16-22(20)10-13-24(14-11-22)12-4-8-18-6-2-1-3-7-18/h1-9,15,20H,10-14,16-17H2,(H,23,25)/b8-4+. The summed E-state index contributed by atoms with van der Waals surface area (Å²) >= 11 is 1.70. The number of carbonyl (C=O) groups excluding carboxylic acids is 1. The summed E-state index contributed by atoms with van der Waals surface area (Å²) in [5.41, 5.74) is 1.55. The molecule has 2 heterocycles. The predicted octanol–water partition coefficient (Wildman–Crippen LogP) is 4.18. The second-order valence-corrected chi connectivity index (χ2v) is 8.56. The summed E-state index contributed by atoms with van der Waals surface area (Å²) in [6.45, 7) is 3.89. The minimum Gasteiger partial charge on any atom is -0.351 e. The first-order chi connectivity index (χ1) is 12.8. The van der Waals surface area contributed by atoms with Crippen LogP contribution in [0.25, 0.3) is 6.08 Å². The van der Waals surface area contributed by atoms with Gasteiger partial charge in [-0.25, -0.2) is 0 Å². The Hall–Kier alpha value is -1.91. The lowest BCUT2D eigenvalue weighted by Gasteiger charge is -2.32. The van der Waals surface area contributed by atoms with Crippen LogP contribution in [0, 0.1) is 11.3 Å². The first-order valence-corrected chi connectivity index (χ1v) is 10.4. The number of rotatable bonds is 6. The van der Waals surface area contributed by atoms with Gasteiger partial charge in [0.15, 0.2) is 0 Å². The Balaban J connectivity index is 1.20. The summed E-state index contributed by atoms with van der Waals surface area (Å²) in [7, 11) is 0. The maximum absolute atomic E-state index is 12.5. The molecule has 2 aromatic rings. The van der Waals surface area contributed by atoms with Crippen LogP contribution >= 0.6 is 11.3 Å². The van der Waals surface area contributed by atoms with E-state index in [2.05, 4.69) is 58.1 Å². The van der Waals surface area contributed by atoms with Crippen LogP contribution in [0.1, 0.15) is 29.7 Å². The van der Waals surface area contributed by atoms with Gasteiger partial charge in [-0.05, 0) is 54.8 Å². The van der Waals surface area contributed by atoms with E-state index in [9.17, 15) is 4.79 Å². The third kappa shape index (κ3) is 4.08. The Kier molecular flexibility index (Phi) is 5.23. The smallest absolute Gasteiger partial charge is 0.223 e. The molecule has 1 aliphatic heterocycles. The minimum absolute atomic E-state index is 0.240. The molecule has 1 saturated carbocycles. The number of benzene rings is 1. The van der Waals surface area contributed by atoms with Crippen molar-refractivity contribution in [1.82, 2.24) is 10.2 Å². The number of thiophene rings is 1. The molecule has 1 unspecified atom stereocenters. The van der Waals surface area contributed by atoms with Crippen LogP contribution < -0.4 is 5.32 Å². The van der Waals surface area contributed by atoms with Crippen molar-refractivity contribution in [3.8, 4) is 0 Å². The van der Waals surface area contributed by atoms with Crippen molar-refractivity contribution in [2.75, 3.05) is 19.6 Å². The maximum Gasteiger partial charge on any atom is 0.223 e. The van der Waals surface area contributed by atoms with Gasteiger partial charge in [-0.2, -0.15) is 0 Å². The largest absolute Gasteiger partial charge is 0.351 e. The van der Waals surface area contributed by atoms with Gasteiger partial charge in [0.2, 0.25) is 5.91 Å². The highest BCUT2D eigenvalue weighted by Gasteiger charge is 2.58. The van der Waals surface area contributed by atoms with Gasteiger partial charge < -0.3 is 5.32 Å². The quantitative estimate of drug-likeness (QED) is 0.832. The fourth-order valence-corrected chi connectivity index (χ4v) is 4.71.